The normalized spacial score (nSPS) is 28.1. The van der Waals surface area contributed by atoms with E-state index in [1.165, 1.54) is 5.75 Å². The molecular formula is C10H21N3OS. The van der Waals surface area contributed by atoms with Crippen LogP contribution in [0.2, 0.25) is 0 Å². The minimum Gasteiger partial charge on any atom is -0.353 e. The van der Waals surface area contributed by atoms with Crippen LogP contribution in [0, 0.1) is 0 Å². The van der Waals surface area contributed by atoms with Crippen LogP contribution in [0.1, 0.15) is 13.3 Å². The molecule has 1 saturated heterocycles. The van der Waals surface area contributed by atoms with Gasteiger partial charge >= 0.3 is 0 Å². The van der Waals surface area contributed by atoms with Gasteiger partial charge in [0.05, 0.1) is 6.04 Å². The zero-order valence-electron chi connectivity index (χ0n) is 9.75. The maximum absolute atomic E-state index is 11.4. The van der Waals surface area contributed by atoms with Crippen molar-refractivity contribution in [1.82, 2.24) is 10.2 Å². The lowest BCUT2D eigenvalue weighted by Gasteiger charge is -2.35. The Morgan fingerprint density at radius 3 is 2.73 bits per heavy atom. The van der Waals surface area contributed by atoms with Crippen molar-refractivity contribution in [2.45, 2.75) is 24.9 Å². The zero-order valence-corrected chi connectivity index (χ0v) is 10.6. The van der Waals surface area contributed by atoms with Crippen LogP contribution in [-0.2, 0) is 4.79 Å². The highest BCUT2D eigenvalue weighted by molar-refractivity contribution is 7.99. The lowest BCUT2D eigenvalue weighted by atomic mass is 9.97. The van der Waals surface area contributed by atoms with Crippen molar-refractivity contribution in [2.24, 2.45) is 5.73 Å². The first-order valence-electron chi connectivity index (χ1n) is 5.26. The van der Waals surface area contributed by atoms with Gasteiger partial charge in [0.25, 0.3) is 0 Å². The van der Waals surface area contributed by atoms with Crippen LogP contribution < -0.4 is 11.1 Å². The lowest BCUT2D eigenvalue weighted by molar-refractivity contribution is -0.122. The molecule has 3 N–H and O–H groups in total. The summed E-state index contributed by atoms with van der Waals surface area (Å²) in [5.41, 5.74) is 5.63. The van der Waals surface area contributed by atoms with Crippen LogP contribution in [-0.4, -0.2) is 54.5 Å². The molecule has 1 fully saturated rings. The van der Waals surface area contributed by atoms with Gasteiger partial charge in [0.15, 0.2) is 0 Å². The van der Waals surface area contributed by atoms with Crippen molar-refractivity contribution in [3.63, 3.8) is 0 Å². The van der Waals surface area contributed by atoms with E-state index in [1.54, 1.807) is 6.92 Å². The van der Waals surface area contributed by atoms with E-state index in [2.05, 4.69) is 24.3 Å². The second-order valence-electron chi connectivity index (χ2n) is 4.43. The molecule has 0 radical (unpaired) electrons. The average molecular weight is 231 g/mol. The monoisotopic (exact) mass is 231 g/mol. The SMILES string of the molecule is CC(N)C(=O)NCC1(N(C)C)CCSC1. The first-order chi connectivity index (χ1) is 6.98. The summed E-state index contributed by atoms with van der Waals surface area (Å²) < 4.78 is 0. The number of nitrogens with one attached hydrogen (secondary N) is 1. The Labute approximate surface area is 96.0 Å². The number of carbonyl (C=O) groups is 1. The molecule has 88 valence electrons. The number of hydrogen-bond donors (Lipinski definition) is 2. The van der Waals surface area contributed by atoms with E-state index < -0.39 is 6.04 Å². The first-order valence-corrected chi connectivity index (χ1v) is 6.42. The molecular weight excluding hydrogens is 210 g/mol. The van der Waals surface area contributed by atoms with Gasteiger partial charge in [-0.15, -0.1) is 0 Å². The number of thioether (sulfide) groups is 1. The van der Waals surface area contributed by atoms with Gasteiger partial charge in [0, 0.05) is 17.8 Å². The topological polar surface area (TPSA) is 58.4 Å². The van der Waals surface area contributed by atoms with Crippen LogP contribution in [0.4, 0.5) is 0 Å². The predicted molar refractivity (Wildman–Crippen MR) is 65.0 cm³/mol. The Balaban J connectivity index is 2.50. The highest BCUT2D eigenvalue weighted by Gasteiger charge is 2.36. The van der Waals surface area contributed by atoms with Crippen molar-refractivity contribution < 1.29 is 4.79 Å². The van der Waals surface area contributed by atoms with E-state index in [9.17, 15) is 4.79 Å². The Bertz CT molecular complexity index is 225. The van der Waals surface area contributed by atoms with E-state index in [-0.39, 0.29) is 11.4 Å². The highest BCUT2D eigenvalue weighted by Crippen LogP contribution is 2.31. The molecule has 0 saturated carbocycles. The van der Waals surface area contributed by atoms with Gasteiger partial charge in [-0.05, 0) is 33.2 Å². The molecule has 0 aromatic carbocycles. The van der Waals surface area contributed by atoms with E-state index >= 15 is 0 Å². The Kier molecular flexibility index (Phi) is 4.43. The largest absolute Gasteiger partial charge is 0.353 e. The molecule has 1 heterocycles. The van der Waals surface area contributed by atoms with E-state index in [1.807, 2.05) is 11.8 Å². The number of carbonyl (C=O) groups excluding carboxylic acids is 1. The number of amides is 1. The smallest absolute Gasteiger partial charge is 0.236 e. The Hall–Kier alpha value is -0.260. The van der Waals surface area contributed by atoms with Crippen molar-refractivity contribution in [1.29, 1.82) is 0 Å². The molecule has 0 aliphatic carbocycles. The van der Waals surface area contributed by atoms with Gasteiger partial charge in [-0.25, -0.2) is 0 Å². The maximum Gasteiger partial charge on any atom is 0.236 e. The van der Waals surface area contributed by atoms with Gasteiger partial charge in [0.1, 0.15) is 0 Å². The molecule has 1 rings (SSSR count). The summed E-state index contributed by atoms with van der Waals surface area (Å²) >= 11 is 1.95. The Morgan fingerprint density at radius 1 is 1.67 bits per heavy atom. The summed E-state index contributed by atoms with van der Waals surface area (Å²) in [7, 11) is 4.15. The fourth-order valence-electron chi connectivity index (χ4n) is 1.66. The molecule has 4 nitrogen and oxygen atoms in total. The van der Waals surface area contributed by atoms with Gasteiger partial charge in [-0.3, -0.25) is 4.79 Å². The quantitative estimate of drug-likeness (QED) is 0.709. The van der Waals surface area contributed by atoms with E-state index in [4.69, 9.17) is 5.73 Å². The molecule has 15 heavy (non-hydrogen) atoms. The van der Waals surface area contributed by atoms with Crippen LogP contribution in [0.3, 0.4) is 0 Å². The summed E-state index contributed by atoms with van der Waals surface area (Å²) in [4.78, 5) is 13.6. The molecule has 5 heteroatoms. The summed E-state index contributed by atoms with van der Waals surface area (Å²) in [6.45, 7) is 2.41. The molecule has 0 aromatic rings. The number of nitrogens with two attached hydrogens (primary N) is 1. The van der Waals surface area contributed by atoms with Gasteiger partial charge in [-0.2, -0.15) is 11.8 Å². The zero-order chi connectivity index (χ0) is 11.5. The third-order valence-electron chi connectivity index (χ3n) is 3.04. The Morgan fingerprint density at radius 2 is 2.33 bits per heavy atom. The van der Waals surface area contributed by atoms with E-state index in [0.717, 1.165) is 12.2 Å². The van der Waals surface area contributed by atoms with Crippen molar-refractivity contribution in [3.05, 3.63) is 0 Å². The lowest BCUT2D eigenvalue weighted by Crippen LogP contribution is -2.54. The first kappa shape index (κ1) is 12.8. The molecule has 0 aromatic heterocycles. The fourth-order valence-corrected chi connectivity index (χ4v) is 3.21. The van der Waals surface area contributed by atoms with Crippen LogP contribution >= 0.6 is 11.8 Å². The minimum atomic E-state index is -0.418. The van der Waals surface area contributed by atoms with Gasteiger partial charge in [0.2, 0.25) is 5.91 Å². The van der Waals surface area contributed by atoms with Crippen molar-refractivity contribution in [2.75, 3.05) is 32.1 Å². The van der Waals surface area contributed by atoms with Gasteiger partial charge < -0.3 is 16.0 Å². The predicted octanol–water partition coefficient (Wildman–Crippen LogP) is -0.113. The molecule has 0 bridgehead atoms. The number of nitrogens with zero attached hydrogens (tertiary/aromatic N) is 1. The minimum absolute atomic E-state index is 0.0619. The summed E-state index contributed by atoms with van der Waals surface area (Å²) in [6.07, 6.45) is 1.13. The average Bonchev–Trinajstić information content (AvgIpc) is 2.63. The highest BCUT2D eigenvalue weighted by atomic mass is 32.2. The van der Waals surface area contributed by atoms with Crippen LogP contribution in [0.5, 0.6) is 0 Å². The second-order valence-corrected chi connectivity index (χ2v) is 5.53. The second kappa shape index (κ2) is 5.18. The van der Waals surface area contributed by atoms with Crippen LogP contribution in [0.25, 0.3) is 0 Å². The third kappa shape index (κ3) is 3.09. The number of hydrogen-bond acceptors (Lipinski definition) is 4. The molecule has 1 amide bonds. The number of likely N-dealkylation sites (N-methyl/N-ethyl adjacent to an activating group) is 1. The fraction of sp³-hybridized carbons (Fsp3) is 0.900. The third-order valence-corrected chi connectivity index (χ3v) is 4.27. The summed E-state index contributed by atoms with van der Waals surface area (Å²) in [5, 5.41) is 2.93. The van der Waals surface area contributed by atoms with Crippen molar-refractivity contribution in [3.8, 4) is 0 Å². The molecule has 2 unspecified atom stereocenters. The molecule has 0 spiro atoms. The van der Waals surface area contributed by atoms with Crippen molar-refractivity contribution >= 4 is 17.7 Å². The molecule has 1 aliphatic rings. The summed E-state index contributed by atoms with van der Waals surface area (Å²) in [5.74, 6) is 2.19. The maximum atomic E-state index is 11.4. The van der Waals surface area contributed by atoms with E-state index in [0.29, 0.717) is 6.54 Å². The van der Waals surface area contributed by atoms with Gasteiger partial charge in [-0.1, -0.05) is 0 Å². The molecule has 1 aliphatic heterocycles. The van der Waals surface area contributed by atoms with Crippen LogP contribution in [0.15, 0.2) is 0 Å². The summed E-state index contributed by atoms with van der Waals surface area (Å²) in [6, 6.07) is -0.418. The molecule has 2 atom stereocenters. The standard InChI is InChI=1S/C10H21N3OS/c1-8(11)9(14)12-6-10(13(2)3)4-5-15-7-10/h8H,4-7,11H2,1-3H3,(H,12,14). The number of rotatable bonds is 4.